The molecule has 0 aliphatic carbocycles. The molecule has 0 saturated carbocycles. The molecule has 0 amide bonds. The molecule has 0 radical (unpaired) electrons. The number of nitrogens with zero attached hydrogens (tertiary/aromatic N) is 2. The van der Waals surface area contributed by atoms with Gasteiger partial charge in [-0.25, -0.2) is 4.99 Å². The van der Waals surface area contributed by atoms with Gasteiger partial charge in [0.1, 0.15) is 0 Å². The van der Waals surface area contributed by atoms with Crippen LogP contribution in [0.25, 0.3) is 0 Å². The van der Waals surface area contributed by atoms with E-state index >= 15 is 0 Å². The Bertz CT molecular complexity index is 530. The molecule has 0 aromatic heterocycles. The second-order valence-electron chi connectivity index (χ2n) is 5.44. The fraction of sp³-hybridized carbons (Fsp3) is 0.562. The highest BCUT2D eigenvalue weighted by molar-refractivity contribution is 5.78. The van der Waals surface area contributed by atoms with E-state index in [-0.39, 0.29) is 11.5 Å². The Hall–Kier alpha value is -2.05. The lowest BCUT2D eigenvalue weighted by atomic mass is 10.2. The van der Waals surface area contributed by atoms with Crippen molar-refractivity contribution in [3.8, 4) is 11.5 Å². The summed E-state index contributed by atoms with van der Waals surface area (Å²) in [4.78, 5) is 6.45. The number of nitrogens with two attached hydrogens (primary N) is 1. The minimum absolute atomic E-state index is 0.00328. The van der Waals surface area contributed by atoms with Crippen molar-refractivity contribution in [2.24, 2.45) is 10.7 Å². The van der Waals surface area contributed by atoms with Crippen LogP contribution in [0.5, 0.6) is 11.5 Å². The molecule has 0 spiro atoms. The van der Waals surface area contributed by atoms with Crippen LogP contribution in [-0.2, 0) is 6.54 Å². The first-order valence-electron chi connectivity index (χ1n) is 7.76. The first-order valence-corrected chi connectivity index (χ1v) is 7.76. The monoisotopic (exact) mass is 327 g/mol. The van der Waals surface area contributed by atoms with Gasteiger partial charge in [0, 0.05) is 13.1 Å². The number of hydrogen-bond acceptors (Lipinski definition) is 3. The predicted octanol–water partition coefficient (Wildman–Crippen LogP) is 2.99. The van der Waals surface area contributed by atoms with Crippen LogP contribution in [0.4, 0.5) is 8.78 Å². The maximum atomic E-state index is 12.4. The van der Waals surface area contributed by atoms with Gasteiger partial charge in [0.2, 0.25) is 0 Å². The van der Waals surface area contributed by atoms with Crippen LogP contribution < -0.4 is 15.2 Å². The molecule has 1 fully saturated rings. The molecular weight excluding hydrogens is 304 g/mol. The zero-order valence-electron chi connectivity index (χ0n) is 13.3. The first-order chi connectivity index (χ1) is 11.1. The zero-order valence-corrected chi connectivity index (χ0v) is 13.3. The van der Waals surface area contributed by atoms with Gasteiger partial charge in [-0.05, 0) is 30.5 Å². The fourth-order valence-electron chi connectivity index (χ4n) is 2.58. The molecule has 0 unspecified atom stereocenters. The smallest absolute Gasteiger partial charge is 0.387 e. The Labute approximate surface area is 135 Å². The van der Waals surface area contributed by atoms with Crippen LogP contribution in [0.2, 0.25) is 0 Å². The van der Waals surface area contributed by atoms with Crippen molar-refractivity contribution in [3.05, 3.63) is 23.8 Å². The highest BCUT2D eigenvalue weighted by Gasteiger charge is 2.13. The molecule has 128 valence electrons. The summed E-state index contributed by atoms with van der Waals surface area (Å²) in [6, 6.07) is 4.85. The highest BCUT2D eigenvalue weighted by atomic mass is 19.3. The molecule has 7 heteroatoms. The Morgan fingerprint density at radius 2 is 1.91 bits per heavy atom. The summed E-state index contributed by atoms with van der Waals surface area (Å²) in [5.74, 6) is 0.765. The SMILES string of the molecule is COc1ccc(CN=C(N)N2CCCCCC2)cc1OC(F)F. The summed E-state index contributed by atoms with van der Waals surface area (Å²) in [7, 11) is 1.41. The van der Waals surface area contributed by atoms with Gasteiger partial charge < -0.3 is 20.1 Å². The lowest BCUT2D eigenvalue weighted by molar-refractivity contribution is -0.0512. The van der Waals surface area contributed by atoms with Gasteiger partial charge in [0.25, 0.3) is 0 Å². The molecule has 1 saturated heterocycles. The van der Waals surface area contributed by atoms with Crippen molar-refractivity contribution in [1.29, 1.82) is 0 Å². The maximum Gasteiger partial charge on any atom is 0.387 e. The van der Waals surface area contributed by atoms with Crippen LogP contribution in [0.15, 0.2) is 23.2 Å². The average molecular weight is 327 g/mol. The van der Waals surface area contributed by atoms with Crippen molar-refractivity contribution in [1.82, 2.24) is 4.90 Å². The molecule has 5 nitrogen and oxygen atoms in total. The third-order valence-corrected chi connectivity index (χ3v) is 3.80. The van der Waals surface area contributed by atoms with Crippen LogP contribution in [0, 0.1) is 0 Å². The van der Waals surface area contributed by atoms with Gasteiger partial charge in [0.05, 0.1) is 13.7 Å². The van der Waals surface area contributed by atoms with E-state index in [1.807, 2.05) is 0 Å². The van der Waals surface area contributed by atoms with E-state index in [1.165, 1.54) is 26.0 Å². The number of hydrogen-bond donors (Lipinski definition) is 1. The lowest BCUT2D eigenvalue weighted by Gasteiger charge is -2.21. The van der Waals surface area contributed by atoms with Crippen molar-refractivity contribution in [2.45, 2.75) is 38.8 Å². The molecule has 1 aromatic rings. The standard InChI is InChI=1S/C16H23F2N3O2/c1-22-13-7-6-12(10-14(13)23-15(17)18)11-20-16(19)21-8-4-2-3-5-9-21/h6-7,10,15H,2-5,8-9,11H2,1H3,(H2,19,20). The molecule has 0 atom stereocenters. The van der Waals surface area contributed by atoms with E-state index in [0.717, 1.165) is 31.5 Å². The summed E-state index contributed by atoms with van der Waals surface area (Å²) in [5, 5.41) is 0. The maximum absolute atomic E-state index is 12.4. The molecule has 1 aromatic carbocycles. The van der Waals surface area contributed by atoms with Gasteiger partial charge >= 0.3 is 6.61 Å². The Morgan fingerprint density at radius 3 is 2.52 bits per heavy atom. The summed E-state index contributed by atoms with van der Waals surface area (Å²) in [5.41, 5.74) is 6.78. The summed E-state index contributed by atoms with van der Waals surface area (Å²) < 4.78 is 34.3. The molecule has 2 N–H and O–H groups in total. The molecule has 0 bridgehead atoms. The van der Waals surface area contributed by atoms with Crippen molar-refractivity contribution < 1.29 is 18.3 Å². The van der Waals surface area contributed by atoms with E-state index in [1.54, 1.807) is 12.1 Å². The Kier molecular flexibility index (Phi) is 6.43. The number of guanidine groups is 1. The third-order valence-electron chi connectivity index (χ3n) is 3.80. The summed E-state index contributed by atoms with van der Waals surface area (Å²) in [6.45, 7) is -0.758. The van der Waals surface area contributed by atoms with Gasteiger partial charge in [-0.15, -0.1) is 0 Å². The topological polar surface area (TPSA) is 60.1 Å². The minimum Gasteiger partial charge on any atom is -0.493 e. The van der Waals surface area contributed by atoms with Crippen LogP contribution in [-0.4, -0.2) is 37.7 Å². The predicted molar refractivity (Wildman–Crippen MR) is 85.0 cm³/mol. The molecule has 1 aliphatic heterocycles. The highest BCUT2D eigenvalue weighted by Crippen LogP contribution is 2.29. The molecule has 1 aliphatic rings. The van der Waals surface area contributed by atoms with Crippen LogP contribution in [0.1, 0.15) is 31.2 Å². The van der Waals surface area contributed by atoms with Crippen LogP contribution in [0.3, 0.4) is 0 Å². The number of ether oxygens (including phenoxy) is 2. The summed E-state index contributed by atoms with van der Waals surface area (Å²) >= 11 is 0. The van der Waals surface area contributed by atoms with Gasteiger partial charge in [-0.1, -0.05) is 18.9 Å². The molecule has 2 rings (SSSR count). The number of halogens is 2. The average Bonchev–Trinajstić information content (AvgIpc) is 2.81. The van der Waals surface area contributed by atoms with Gasteiger partial charge in [-0.3, -0.25) is 0 Å². The molecule has 23 heavy (non-hydrogen) atoms. The largest absolute Gasteiger partial charge is 0.493 e. The first kappa shape index (κ1) is 17.3. The molecule has 1 heterocycles. The van der Waals surface area contributed by atoms with Crippen LogP contribution >= 0.6 is 0 Å². The number of aliphatic imine (C=N–C) groups is 1. The fourth-order valence-corrected chi connectivity index (χ4v) is 2.58. The van der Waals surface area contributed by atoms with Gasteiger partial charge in [0.15, 0.2) is 17.5 Å². The Balaban J connectivity index is 2.05. The van der Waals surface area contributed by atoms with E-state index in [4.69, 9.17) is 10.5 Å². The lowest BCUT2D eigenvalue weighted by Crippen LogP contribution is -2.38. The number of methoxy groups -OCH3 is 1. The minimum atomic E-state index is -2.90. The zero-order chi connectivity index (χ0) is 16.7. The second kappa shape index (κ2) is 8.55. The summed E-state index contributed by atoms with van der Waals surface area (Å²) in [6.07, 6.45) is 4.67. The van der Waals surface area contributed by atoms with E-state index in [2.05, 4.69) is 14.6 Å². The van der Waals surface area contributed by atoms with E-state index in [9.17, 15) is 8.78 Å². The number of alkyl halides is 2. The number of rotatable bonds is 5. The van der Waals surface area contributed by atoms with Crippen molar-refractivity contribution >= 4 is 5.96 Å². The quantitative estimate of drug-likeness (QED) is 0.667. The van der Waals surface area contributed by atoms with Crippen molar-refractivity contribution in [3.63, 3.8) is 0 Å². The van der Waals surface area contributed by atoms with Gasteiger partial charge in [-0.2, -0.15) is 8.78 Å². The number of benzene rings is 1. The normalized spacial score (nSPS) is 16.3. The molecular formula is C16H23F2N3O2. The van der Waals surface area contributed by atoms with E-state index in [0.29, 0.717) is 12.5 Å². The third kappa shape index (κ3) is 5.26. The number of likely N-dealkylation sites (tertiary alicyclic amines) is 1. The van der Waals surface area contributed by atoms with Crippen molar-refractivity contribution in [2.75, 3.05) is 20.2 Å². The Morgan fingerprint density at radius 1 is 1.22 bits per heavy atom. The van der Waals surface area contributed by atoms with E-state index < -0.39 is 6.61 Å². The second-order valence-corrected chi connectivity index (χ2v) is 5.44.